The molecule has 0 atom stereocenters. The van der Waals surface area contributed by atoms with Crippen molar-refractivity contribution in [3.05, 3.63) is 64.2 Å². The average Bonchev–Trinajstić information content (AvgIpc) is 2.63. The molecule has 0 spiro atoms. The Bertz CT molecular complexity index is 955. The summed E-state index contributed by atoms with van der Waals surface area (Å²) in [6.07, 6.45) is 1.35. The van der Waals surface area contributed by atoms with Crippen LogP contribution < -0.4 is 10.1 Å². The molecule has 1 amide bonds. The van der Waals surface area contributed by atoms with E-state index in [1.807, 2.05) is 32.0 Å². The standard InChI is InChI=1S/C21H20N2O4/c1-4-27-19-8-6-15(11-17(19)21(25)26)10-16(12-22)20(24)23-18-7-5-13(2)9-14(18)3/h5-11H,4H2,1-3H3,(H,23,24)(H,25,26)/b16-10+. The van der Waals surface area contributed by atoms with Gasteiger partial charge in [-0.3, -0.25) is 4.79 Å². The topological polar surface area (TPSA) is 99.4 Å². The van der Waals surface area contributed by atoms with E-state index in [4.69, 9.17) is 4.74 Å². The van der Waals surface area contributed by atoms with Crippen molar-refractivity contribution in [3.8, 4) is 11.8 Å². The van der Waals surface area contributed by atoms with Crippen molar-refractivity contribution in [1.82, 2.24) is 0 Å². The third-order valence-electron chi connectivity index (χ3n) is 3.84. The van der Waals surface area contributed by atoms with Gasteiger partial charge >= 0.3 is 5.97 Å². The van der Waals surface area contributed by atoms with Crippen molar-refractivity contribution in [1.29, 1.82) is 5.26 Å². The van der Waals surface area contributed by atoms with Crippen LogP contribution in [-0.4, -0.2) is 23.6 Å². The maximum Gasteiger partial charge on any atom is 0.339 e. The normalized spacial score (nSPS) is 10.8. The first-order chi connectivity index (χ1) is 12.8. The first-order valence-electron chi connectivity index (χ1n) is 8.36. The van der Waals surface area contributed by atoms with E-state index in [1.54, 1.807) is 19.1 Å². The van der Waals surface area contributed by atoms with E-state index >= 15 is 0 Å². The summed E-state index contributed by atoms with van der Waals surface area (Å²) >= 11 is 0. The maximum absolute atomic E-state index is 12.4. The van der Waals surface area contributed by atoms with Gasteiger partial charge in [-0.2, -0.15) is 5.26 Å². The molecule has 2 rings (SSSR count). The number of amides is 1. The van der Waals surface area contributed by atoms with Crippen LogP contribution in [0, 0.1) is 25.2 Å². The third-order valence-corrected chi connectivity index (χ3v) is 3.84. The molecule has 2 N–H and O–H groups in total. The highest BCUT2D eigenvalue weighted by Crippen LogP contribution is 2.22. The number of hydrogen-bond acceptors (Lipinski definition) is 4. The molecule has 0 unspecified atom stereocenters. The lowest BCUT2D eigenvalue weighted by Gasteiger charge is -2.09. The first kappa shape index (κ1) is 19.7. The Labute approximate surface area is 157 Å². The zero-order valence-corrected chi connectivity index (χ0v) is 15.4. The van der Waals surface area contributed by atoms with E-state index in [0.29, 0.717) is 17.9 Å². The number of aromatic carboxylic acids is 1. The maximum atomic E-state index is 12.4. The molecule has 0 heterocycles. The van der Waals surface area contributed by atoms with E-state index < -0.39 is 11.9 Å². The molecule has 0 aliphatic heterocycles. The van der Waals surface area contributed by atoms with Gasteiger partial charge in [0.15, 0.2) is 0 Å². The second kappa shape index (κ2) is 8.68. The Morgan fingerprint density at radius 2 is 1.96 bits per heavy atom. The van der Waals surface area contributed by atoms with Crippen molar-refractivity contribution in [2.24, 2.45) is 0 Å². The molecule has 0 aliphatic rings. The molecule has 0 saturated heterocycles. The fourth-order valence-electron chi connectivity index (χ4n) is 2.54. The number of carboxylic acid groups (broad SMARTS) is 1. The van der Waals surface area contributed by atoms with Crippen molar-refractivity contribution in [3.63, 3.8) is 0 Å². The number of rotatable bonds is 6. The van der Waals surface area contributed by atoms with Crippen molar-refractivity contribution in [2.45, 2.75) is 20.8 Å². The molecule has 2 aromatic carbocycles. The van der Waals surface area contributed by atoms with Crippen LogP contribution >= 0.6 is 0 Å². The lowest BCUT2D eigenvalue weighted by Crippen LogP contribution is -2.14. The molecule has 6 nitrogen and oxygen atoms in total. The number of carboxylic acids is 1. The Hall–Kier alpha value is -3.59. The zero-order valence-electron chi connectivity index (χ0n) is 15.4. The second-order valence-corrected chi connectivity index (χ2v) is 5.94. The number of benzene rings is 2. The van der Waals surface area contributed by atoms with Gasteiger partial charge in [-0.05, 0) is 56.2 Å². The highest BCUT2D eigenvalue weighted by Gasteiger charge is 2.14. The summed E-state index contributed by atoms with van der Waals surface area (Å²) in [5, 5.41) is 21.4. The second-order valence-electron chi connectivity index (χ2n) is 5.94. The highest BCUT2D eigenvalue weighted by molar-refractivity contribution is 6.10. The number of carbonyl (C=O) groups excluding carboxylic acids is 1. The van der Waals surface area contributed by atoms with Crippen LogP contribution in [0.15, 0.2) is 42.0 Å². The van der Waals surface area contributed by atoms with Crippen molar-refractivity contribution >= 4 is 23.6 Å². The van der Waals surface area contributed by atoms with Gasteiger partial charge in [-0.15, -0.1) is 0 Å². The number of anilines is 1. The Morgan fingerprint density at radius 3 is 2.56 bits per heavy atom. The van der Waals surface area contributed by atoms with Crippen molar-refractivity contribution < 1.29 is 19.4 Å². The zero-order chi connectivity index (χ0) is 20.0. The third kappa shape index (κ3) is 4.95. The smallest absolute Gasteiger partial charge is 0.339 e. The number of nitrogens with zero attached hydrogens (tertiary/aromatic N) is 1. The fraction of sp³-hybridized carbons (Fsp3) is 0.190. The number of aryl methyl sites for hydroxylation is 2. The summed E-state index contributed by atoms with van der Waals surface area (Å²) in [5.74, 6) is -1.47. The molecule has 0 bridgehead atoms. The minimum atomic E-state index is -1.15. The number of ether oxygens (including phenoxy) is 1. The summed E-state index contributed by atoms with van der Waals surface area (Å²) < 4.78 is 5.29. The molecular formula is C21H20N2O4. The van der Waals surface area contributed by atoms with E-state index in [9.17, 15) is 20.0 Å². The van der Waals surface area contributed by atoms with Gasteiger partial charge in [0.25, 0.3) is 5.91 Å². The molecular weight excluding hydrogens is 344 g/mol. The minimum absolute atomic E-state index is 0.0299. The molecule has 0 aliphatic carbocycles. The van der Waals surface area contributed by atoms with Crippen LogP contribution in [0.2, 0.25) is 0 Å². The van der Waals surface area contributed by atoms with Crippen LogP contribution in [0.5, 0.6) is 5.75 Å². The van der Waals surface area contributed by atoms with Crippen LogP contribution in [0.3, 0.4) is 0 Å². The molecule has 27 heavy (non-hydrogen) atoms. The quantitative estimate of drug-likeness (QED) is 0.597. The summed E-state index contributed by atoms with van der Waals surface area (Å²) in [6.45, 7) is 5.90. The largest absolute Gasteiger partial charge is 0.493 e. The lowest BCUT2D eigenvalue weighted by molar-refractivity contribution is -0.112. The van der Waals surface area contributed by atoms with Gasteiger partial charge in [0.05, 0.1) is 6.61 Å². The van der Waals surface area contributed by atoms with Crippen LogP contribution in [0.4, 0.5) is 5.69 Å². The van der Waals surface area contributed by atoms with Gasteiger partial charge in [0.2, 0.25) is 0 Å². The Kier molecular flexibility index (Phi) is 6.34. The minimum Gasteiger partial charge on any atom is -0.493 e. The van der Waals surface area contributed by atoms with Gasteiger partial charge in [-0.1, -0.05) is 23.8 Å². The summed E-state index contributed by atoms with van der Waals surface area (Å²) in [5.41, 5.74) is 2.83. The number of carbonyl (C=O) groups is 2. The van der Waals surface area contributed by atoms with E-state index in [2.05, 4.69) is 5.32 Å². The van der Waals surface area contributed by atoms with E-state index in [1.165, 1.54) is 18.2 Å². The number of hydrogen-bond donors (Lipinski definition) is 2. The van der Waals surface area contributed by atoms with Crippen LogP contribution in [-0.2, 0) is 4.79 Å². The van der Waals surface area contributed by atoms with Gasteiger partial charge in [-0.25, -0.2) is 4.79 Å². The predicted molar refractivity (Wildman–Crippen MR) is 103 cm³/mol. The summed E-state index contributed by atoms with van der Waals surface area (Å²) in [6, 6.07) is 11.9. The van der Waals surface area contributed by atoms with Crippen LogP contribution in [0.25, 0.3) is 6.08 Å². The van der Waals surface area contributed by atoms with Gasteiger partial charge in [0, 0.05) is 5.69 Å². The summed E-state index contributed by atoms with van der Waals surface area (Å²) in [7, 11) is 0. The molecule has 2 aromatic rings. The molecule has 0 fully saturated rings. The molecule has 0 aromatic heterocycles. The Morgan fingerprint density at radius 1 is 1.22 bits per heavy atom. The van der Waals surface area contributed by atoms with Crippen LogP contribution in [0.1, 0.15) is 34.0 Å². The van der Waals surface area contributed by atoms with Gasteiger partial charge in [0.1, 0.15) is 23.0 Å². The molecule has 138 valence electrons. The SMILES string of the molecule is CCOc1ccc(/C=C(\C#N)C(=O)Nc2ccc(C)cc2C)cc1C(=O)O. The Balaban J connectivity index is 2.32. The monoisotopic (exact) mass is 364 g/mol. The lowest BCUT2D eigenvalue weighted by atomic mass is 10.1. The predicted octanol–water partition coefficient (Wildman–Crippen LogP) is 3.95. The number of nitriles is 1. The highest BCUT2D eigenvalue weighted by atomic mass is 16.5. The molecule has 0 saturated carbocycles. The average molecular weight is 364 g/mol. The summed E-state index contributed by atoms with van der Waals surface area (Å²) in [4.78, 5) is 23.8. The van der Waals surface area contributed by atoms with E-state index in [0.717, 1.165) is 11.1 Å². The van der Waals surface area contributed by atoms with E-state index in [-0.39, 0.29) is 16.9 Å². The number of nitrogens with one attached hydrogen (secondary N) is 1. The molecule has 6 heteroatoms. The fourth-order valence-corrected chi connectivity index (χ4v) is 2.54. The van der Waals surface area contributed by atoms with Crippen molar-refractivity contribution in [2.75, 3.05) is 11.9 Å². The first-order valence-corrected chi connectivity index (χ1v) is 8.36. The van der Waals surface area contributed by atoms with Gasteiger partial charge < -0.3 is 15.2 Å². The molecule has 0 radical (unpaired) electrons.